The minimum Gasteiger partial charge on any atom is -0.493 e. The van der Waals surface area contributed by atoms with Crippen molar-refractivity contribution in [2.45, 2.75) is 23.8 Å². The summed E-state index contributed by atoms with van der Waals surface area (Å²) in [4.78, 5) is 0.187. The second kappa shape index (κ2) is 8.63. The number of ether oxygens (including phenoxy) is 4. The highest BCUT2D eigenvalue weighted by atomic mass is 32.2. The Labute approximate surface area is 187 Å². The molecule has 1 aliphatic heterocycles. The van der Waals surface area contributed by atoms with Gasteiger partial charge in [0.25, 0.3) is 10.0 Å². The predicted octanol–water partition coefficient (Wildman–Crippen LogP) is 4.75. The molecule has 0 amide bonds. The molecule has 2 atom stereocenters. The number of sulfonamides is 1. The van der Waals surface area contributed by atoms with Crippen molar-refractivity contribution in [3.63, 3.8) is 0 Å². The van der Waals surface area contributed by atoms with E-state index in [9.17, 15) is 8.42 Å². The summed E-state index contributed by atoms with van der Waals surface area (Å²) in [7, 11) is 0.973. The van der Waals surface area contributed by atoms with E-state index in [4.69, 9.17) is 18.9 Å². The molecule has 0 bridgehead atoms. The van der Waals surface area contributed by atoms with Crippen LogP contribution in [0.2, 0.25) is 0 Å². The predicted molar refractivity (Wildman–Crippen MR) is 122 cm³/mol. The van der Waals surface area contributed by atoms with E-state index < -0.39 is 10.0 Å². The maximum absolute atomic E-state index is 12.8. The topological polar surface area (TPSA) is 83.1 Å². The first-order valence-corrected chi connectivity index (χ1v) is 11.5. The van der Waals surface area contributed by atoms with Crippen molar-refractivity contribution >= 4 is 15.7 Å². The number of hydrogen-bond acceptors (Lipinski definition) is 6. The van der Waals surface area contributed by atoms with Gasteiger partial charge in [-0.15, -0.1) is 0 Å². The molecular weight excluding hydrogens is 430 g/mol. The second-order valence-electron chi connectivity index (χ2n) is 7.46. The molecule has 7 nitrogen and oxygen atoms in total. The average Bonchev–Trinajstić information content (AvgIpc) is 3.14. The van der Waals surface area contributed by atoms with Crippen LogP contribution in [0.4, 0.5) is 5.69 Å². The fourth-order valence-corrected chi connectivity index (χ4v) is 4.95. The van der Waals surface area contributed by atoms with Crippen LogP contribution < -0.4 is 23.7 Å². The average molecular weight is 456 g/mol. The second-order valence-corrected chi connectivity index (χ2v) is 9.14. The zero-order valence-corrected chi connectivity index (χ0v) is 19.1. The van der Waals surface area contributed by atoms with Crippen LogP contribution in [0.3, 0.4) is 0 Å². The Morgan fingerprint density at radius 1 is 0.844 bits per heavy atom. The van der Waals surface area contributed by atoms with Gasteiger partial charge in [-0.1, -0.05) is 31.2 Å². The lowest BCUT2D eigenvalue weighted by atomic mass is 9.92. The molecule has 3 aromatic carbocycles. The summed E-state index contributed by atoms with van der Waals surface area (Å²) in [6.07, 6.45) is -0.292. The monoisotopic (exact) mass is 455 g/mol. The van der Waals surface area contributed by atoms with E-state index >= 15 is 0 Å². The van der Waals surface area contributed by atoms with E-state index in [0.29, 0.717) is 28.7 Å². The summed E-state index contributed by atoms with van der Waals surface area (Å²) in [6, 6.07) is 17.3. The van der Waals surface area contributed by atoms with Crippen LogP contribution in [0, 0.1) is 0 Å². The minimum atomic E-state index is -3.73. The van der Waals surface area contributed by atoms with Crippen LogP contribution in [-0.4, -0.2) is 29.7 Å². The van der Waals surface area contributed by atoms with Gasteiger partial charge < -0.3 is 18.9 Å². The van der Waals surface area contributed by atoms with E-state index in [1.54, 1.807) is 56.7 Å². The lowest BCUT2D eigenvalue weighted by Gasteiger charge is -2.18. The van der Waals surface area contributed by atoms with E-state index in [0.717, 1.165) is 11.1 Å². The van der Waals surface area contributed by atoms with Gasteiger partial charge in [0, 0.05) is 17.5 Å². The quantitative estimate of drug-likeness (QED) is 0.554. The van der Waals surface area contributed by atoms with Crippen LogP contribution in [0.25, 0.3) is 0 Å². The first kappa shape index (κ1) is 21.8. The van der Waals surface area contributed by atoms with Crippen molar-refractivity contribution in [3.8, 4) is 23.0 Å². The highest BCUT2D eigenvalue weighted by Gasteiger charge is 2.36. The molecule has 3 aromatic rings. The lowest BCUT2D eigenvalue weighted by Crippen LogP contribution is -2.13. The number of methoxy groups -OCH3 is 3. The van der Waals surface area contributed by atoms with Crippen LogP contribution >= 0.6 is 0 Å². The fraction of sp³-hybridized carbons (Fsp3) is 0.250. The molecule has 0 aliphatic carbocycles. The Bertz CT molecular complexity index is 1230. The molecule has 1 aliphatic rings. The molecule has 0 saturated carbocycles. The van der Waals surface area contributed by atoms with E-state index in [1.165, 1.54) is 7.11 Å². The lowest BCUT2D eigenvalue weighted by molar-refractivity contribution is 0.207. The van der Waals surface area contributed by atoms with E-state index in [-0.39, 0.29) is 16.9 Å². The van der Waals surface area contributed by atoms with Gasteiger partial charge in [-0.05, 0) is 35.9 Å². The van der Waals surface area contributed by atoms with Crippen LogP contribution in [0.15, 0.2) is 65.6 Å². The van der Waals surface area contributed by atoms with Crippen molar-refractivity contribution in [2.75, 3.05) is 26.1 Å². The van der Waals surface area contributed by atoms with Crippen LogP contribution in [-0.2, 0) is 10.0 Å². The Morgan fingerprint density at radius 3 is 2.19 bits per heavy atom. The molecule has 0 radical (unpaired) electrons. The van der Waals surface area contributed by atoms with E-state index in [2.05, 4.69) is 4.72 Å². The number of nitrogens with one attached hydrogen (secondary N) is 1. The van der Waals surface area contributed by atoms with Crippen molar-refractivity contribution in [1.29, 1.82) is 0 Å². The zero-order valence-electron chi connectivity index (χ0n) is 18.3. The third-order valence-corrected chi connectivity index (χ3v) is 6.93. The standard InChI is InChI=1S/C24H25NO6S/c1-15-19-13-17(25-32(26,27)18-8-6-5-7-9-18)14-22(30-4)24(19)31-23(15)16-10-11-20(28-2)21(12-16)29-3/h5-15,23,25H,1-4H3. The molecule has 168 valence electrons. The molecule has 1 heterocycles. The molecule has 4 rings (SSSR count). The number of hydrogen-bond donors (Lipinski definition) is 1. The highest BCUT2D eigenvalue weighted by molar-refractivity contribution is 7.92. The first-order chi connectivity index (χ1) is 15.4. The number of rotatable bonds is 7. The molecule has 8 heteroatoms. The molecule has 0 saturated heterocycles. The fourth-order valence-electron chi connectivity index (χ4n) is 3.89. The molecule has 2 unspecified atom stereocenters. The Balaban J connectivity index is 1.68. The maximum atomic E-state index is 12.8. The number of fused-ring (bicyclic) bond motifs is 1. The van der Waals surface area contributed by atoms with Crippen LogP contribution in [0.5, 0.6) is 23.0 Å². The highest BCUT2D eigenvalue weighted by Crippen LogP contribution is 2.52. The van der Waals surface area contributed by atoms with Crippen molar-refractivity contribution in [3.05, 3.63) is 71.8 Å². The summed E-state index contributed by atoms with van der Waals surface area (Å²) < 4.78 is 50.8. The molecule has 1 N–H and O–H groups in total. The largest absolute Gasteiger partial charge is 0.493 e. The SMILES string of the molecule is COc1ccc(C2Oc3c(OC)cc(NS(=O)(=O)c4ccccc4)cc3C2C)cc1OC. The molecule has 32 heavy (non-hydrogen) atoms. The summed E-state index contributed by atoms with van der Waals surface area (Å²) in [6.45, 7) is 2.03. The number of benzene rings is 3. The Hall–Kier alpha value is -3.39. The first-order valence-electron chi connectivity index (χ1n) is 10.1. The Kier molecular flexibility index (Phi) is 5.88. The van der Waals surface area contributed by atoms with Crippen molar-refractivity contribution < 1.29 is 27.4 Å². The maximum Gasteiger partial charge on any atom is 0.261 e. The van der Waals surface area contributed by atoms with Gasteiger partial charge in [0.2, 0.25) is 0 Å². The minimum absolute atomic E-state index is 0.0572. The molecule has 0 fully saturated rings. The normalized spacial score (nSPS) is 17.2. The van der Waals surface area contributed by atoms with Gasteiger partial charge in [0.1, 0.15) is 6.10 Å². The third-order valence-electron chi connectivity index (χ3n) is 5.53. The van der Waals surface area contributed by atoms with Crippen LogP contribution in [0.1, 0.15) is 30.1 Å². The molecular formula is C24H25NO6S. The summed E-state index contributed by atoms with van der Waals surface area (Å²) in [5.41, 5.74) is 2.18. The Morgan fingerprint density at radius 2 is 1.53 bits per heavy atom. The zero-order chi connectivity index (χ0) is 22.9. The smallest absolute Gasteiger partial charge is 0.261 e. The van der Waals surface area contributed by atoms with Crippen molar-refractivity contribution in [2.24, 2.45) is 0 Å². The molecule has 0 aromatic heterocycles. The molecule has 0 spiro atoms. The summed E-state index contributed by atoms with van der Waals surface area (Å²) in [5, 5.41) is 0. The summed E-state index contributed by atoms with van der Waals surface area (Å²) >= 11 is 0. The number of anilines is 1. The van der Waals surface area contributed by atoms with Gasteiger partial charge in [0.15, 0.2) is 23.0 Å². The van der Waals surface area contributed by atoms with Gasteiger partial charge in [0.05, 0.1) is 31.9 Å². The summed E-state index contributed by atoms with van der Waals surface area (Å²) in [5.74, 6) is 2.25. The van der Waals surface area contributed by atoms with Gasteiger partial charge in [-0.3, -0.25) is 4.72 Å². The van der Waals surface area contributed by atoms with Gasteiger partial charge in [-0.25, -0.2) is 8.42 Å². The third kappa shape index (κ3) is 3.93. The van der Waals surface area contributed by atoms with Gasteiger partial charge in [-0.2, -0.15) is 0 Å². The van der Waals surface area contributed by atoms with E-state index in [1.807, 2.05) is 25.1 Å². The van der Waals surface area contributed by atoms with Crippen molar-refractivity contribution in [1.82, 2.24) is 0 Å². The van der Waals surface area contributed by atoms with Gasteiger partial charge >= 0.3 is 0 Å².